The molecule has 0 aliphatic carbocycles. The minimum absolute atomic E-state index is 0.104. The van der Waals surface area contributed by atoms with Gasteiger partial charge in [0.2, 0.25) is 11.8 Å². The van der Waals surface area contributed by atoms with Gasteiger partial charge >= 0.3 is 0 Å². The highest BCUT2D eigenvalue weighted by molar-refractivity contribution is 6.05. The van der Waals surface area contributed by atoms with Crippen LogP contribution in [0, 0.1) is 0 Å². The van der Waals surface area contributed by atoms with Crippen molar-refractivity contribution in [3.05, 3.63) is 100 Å². The second-order valence-corrected chi connectivity index (χ2v) is 14.3. The van der Waals surface area contributed by atoms with Crippen LogP contribution in [0.3, 0.4) is 0 Å². The van der Waals surface area contributed by atoms with Gasteiger partial charge in [-0.3, -0.25) is 34.2 Å². The molecule has 4 aliphatic heterocycles. The number of amides is 3. The molecule has 1 aromatic heterocycles. The topological polar surface area (TPSA) is 90.8 Å². The number of hydrogen-bond acceptors (Lipinski definition) is 6. The summed E-state index contributed by atoms with van der Waals surface area (Å²) in [6.07, 6.45) is 7.22. The summed E-state index contributed by atoms with van der Waals surface area (Å²) in [5.74, 6) is 0.377. The quantitative estimate of drug-likeness (QED) is 0.282. The van der Waals surface area contributed by atoms with Crippen LogP contribution >= 0.6 is 0 Å². The molecule has 3 fully saturated rings. The molecule has 0 bridgehead atoms. The molecule has 9 heteroatoms. The first-order chi connectivity index (χ1) is 23.4. The third-order valence-corrected chi connectivity index (χ3v) is 11.3. The standard InChI is InChI=1S/C39H44N6O3/c1-42-35-9-4-27(20-32(35)22-40-42)24-44-16-12-29(13-17-44)28-5-2-26(3-6-28)23-43-18-14-30(15-19-43)31-7-8-34-33(21-31)25-45(39(34)48)36-10-11-37(46)41-38(36)47/h2-9,20-22,29-30,36H,10-19,23-25H2,1H3,(H,41,46,47). The van der Waals surface area contributed by atoms with Crippen molar-refractivity contribution in [2.75, 3.05) is 26.2 Å². The predicted molar refractivity (Wildman–Crippen MR) is 184 cm³/mol. The van der Waals surface area contributed by atoms with Crippen molar-refractivity contribution < 1.29 is 14.4 Å². The van der Waals surface area contributed by atoms with Crippen LogP contribution in [-0.4, -0.2) is 74.4 Å². The van der Waals surface area contributed by atoms with Crippen LogP contribution in [0.2, 0.25) is 0 Å². The van der Waals surface area contributed by atoms with Crippen molar-refractivity contribution in [2.45, 2.75) is 76.0 Å². The van der Waals surface area contributed by atoms with E-state index >= 15 is 0 Å². The summed E-state index contributed by atoms with van der Waals surface area (Å²) >= 11 is 0. The van der Waals surface area contributed by atoms with E-state index in [1.807, 2.05) is 24.0 Å². The Labute approximate surface area is 281 Å². The van der Waals surface area contributed by atoms with Crippen LogP contribution in [0.4, 0.5) is 0 Å². The maximum Gasteiger partial charge on any atom is 0.255 e. The summed E-state index contributed by atoms with van der Waals surface area (Å²) in [4.78, 5) is 43.9. The van der Waals surface area contributed by atoms with Crippen LogP contribution in [0.25, 0.3) is 10.9 Å². The molecule has 1 unspecified atom stereocenters. The predicted octanol–water partition coefficient (Wildman–Crippen LogP) is 5.09. The number of carbonyl (C=O) groups is 3. The SMILES string of the molecule is Cn1ncc2cc(CN3CCC(c4ccc(CN5CCC(c6ccc7c(c6)CN(C6CCC(=O)NC6=O)C7=O)CC5)cc4)CC3)ccc21. The highest BCUT2D eigenvalue weighted by atomic mass is 16.2. The molecule has 0 saturated carbocycles. The molecule has 5 heterocycles. The smallest absolute Gasteiger partial charge is 0.255 e. The molecule has 0 radical (unpaired) electrons. The number of imide groups is 1. The zero-order valence-electron chi connectivity index (χ0n) is 27.7. The number of aryl methyl sites for hydroxylation is 1. The zero-order chi connectivity index (χ0) is 32.8. The van der Waals surface area contributed by atoms with E-state index in [-0.39, 0.29) is 24.1 Å². The normalized spacial score (nSPS) is 21.6. The molecular formula is C39H44N6O3. The summed E-state index contributed by atoms with van der Waals surface area (Å²) in [5, 5.41) is 7.99. The summed E-state index contributed by atoms with van der Waals surface area (Å²) in [5.41, 5.74) is 8.38. The van der Waals surface area contributed by atoms with Gasteiger partial charge in [-0.15, -0.1) is 0 Å². The first-order valence-electron chi connectivity index (χ1n) is 17.6. The van der Waals surface area contributed by atoms with Crippen LogP contribution in [0.5, 0.6) is 0 Å². The fraction of sp³-hybridized carbons (Fsp3) is 0.436. The summed E-state index contributed by atoms with van der Waals surface area (Å²) < 4.78 is 1.93. The molecule has 9 nitrogen and oxygen atoms in total. The number of aromatic nitrogens is 2. The summed E-state index contributed by atoms with van der Waals surface area (Å²) in [6.45, 7) is 6.78. The Morgan fingerprint density at radius 2 is 1.40 bits per heavy atom. The Morgan fingerprint density at radius 3 is 2.10 bits per heavy atom. The van der Waals surface area contributed by atoms with Gasteiger partial charge < -0.3 is 4.90 Å². The molecule has 3 saturated heterocycles. The second-order valence-electron chi connectivity index (χ2n) is 14.3. The molecule has 4 aliphatic rings. The fourth-order valence-electron chi connectivity index (χ4n) is 8.42. The van der Waals surface area contributed by atoms with Crippen molar-refractivity contribution in [3.63, 3.8) is 0 Å². The molecule has 0 spiro atoms. The average molecular weight is 645 g/mol. The van der Waals surface area contributed by atoms with Gasteiger partial charge in [-0.1, -0.05) is 42.5 Å². The highest BCUT2D eigenvalue weighted by Crippen LogP contribution is 2.34. The average Bonchev–Trinajstić information content (AvgIpc) is 3.64. The molecule has 3 amide bonds. The van der Waals surface area contributed by atoms with Crippen LogP contribution in [0.1, 0.15) is 88.5 Å². The van der Waals surface area contributed by atoms with E-state index < -0.39 is 6.04 Å². The molecule has 3 aromatic carbocycles. The van der Waals surface area contributed by atoms with Crippen molar-refractivity contribution in [1.29, 1.82) is 0 Å². The van der Waals surface area contributed by atoms with Gasteiger partial charge in [-0.25, -0.2) is 0 Å². The van der Waals surface area contributed by atoms with E-state index in [0.717, 1.165) is 57.7 Å². The van der Waals surface area contributed by atoms with Gasteiger partial charge in [0, 0.05) is 44.1 Å². The lowest BCUT2D eigenvalue weighted by Gasteiger charge is -2.33. The molecular weight excluding hydrogens is 600 g/mol. The first-order valence-corrected chi connectivity index (χ1v) is 17.6. The van der Waals surface area contributed by atoms with Gasteiger partial charge in [-0.2, -0.15) is 5.10 Å². The van der Waals surface area contributed by atoms with Crippen LogP contribution < -0.4 is 5.32 Å². The highest BCUT2D eigenvalue weighted by Gasteiger charge is 2.39. The molecule has 1 N–H and O–H groups in total. The molecule has 248 valence electrons. The van der Waals surface area contributed by atoms with Crippen molar-refractivity contribution in [1.82, 2.24) is 29.8 Å². The first kappa shape index (κ1) is 31.0. The van der Waals surface area contributed by atoms with Gasteiger partial charge in [0.05, 0.1) is 11.7 Å². The Balaban J connectivity index is 0.805. The number of hydrogen-bond donors (Lipinski definition) is 1. The van der Waals surface area contributed by atoms with Crippen molar-refractivity contribution >= 4 is 28.6 Å². The maximum atomic E-state index is 13.1. The molecule has 8 rings (SSSR count). The lowest BCUT2D eigenvalue weighted by molar-refractivity contribution is -0.136. The Hall–Kier alpha value is -4.34. The van der Waals surface area contributed by atoms with Crippen LogP contribution in [0.15, 0.2) is 66.9 Å². The van der Waals surface area contributed by atoms with E-state index in [4.69, 9.17) is 0 Å². The summed E-state index contributed by atoms with van der Waals surface area (Å²) in [6, 6.07) is 21.8. The number of rotatable bonds is 7. The largest absolute Gasteiger partial charge is 0.322 e. The fourth-order valence-corrected chi connectivity index (χ4v) is 8.42. The van der Waals surface area contributed by atoms with E-state index in [1.54, 1.807) is 4.90 Å². The van der Waals surface area contributed by atoms with Gasteiger partial charge in [0.25, 0.3) is 5.91 Å². The van der Waals surface area contributed by atoms with Gasteiger partial charge in [0.15, 0.2) is 0 Å². The third kappa shape index (κ3) is 6.17. The third-order valence-electron chi connectivity index (χ3n) is 11.3. The molecule has 1 atom stereocenters. The number of carbonyl (C=O) groups excluding carboxylic acids is 3. The number of benzene rings is 3. The number of nitrogens with zero attached hydrogens (tertiary/aromatic N) is 5. The Kier molecular flexibility index (Phi) is 8.34. The number of piperidine rings is 3. The number of nitrogens with one attached hydrogen (secondary N) is 1. The molecule has 4 aromatic rings. The Morgan fingerprint density at radius 1 is 0.750 bits per heavy atom. The zero-order valence-corrected chi connectivity index (χ0v) is 27.7. The monoisotopic (exact) mass is 644 g/mol. The number of fused-ring (bicyclic) bond motifs is 2. The van der Waals surface area contributed by atoms with Crippen molar-refractivity contribution in [3.8, 4) is 0 Å². The second kappa shape index (κ2) is 12.9. The Bertz CT molecular complexity index is 1850. The molecule has 48 heavy (non-hydrogen) atoms. The van der Waals surface area contributed by atoms with Gasteiger partial charge in [-0.05, 0) is 116 Å². The minimum atomic E-state index is -0.568. The lowest BCUT2D eigenvalue weighted by Crippen LogP contribution is -2.52. The lowest BCUT2D eigenvalue weighted by atomic mass is 9.87. The van der Waals surface area contributed by atoms with Gasteiger partial charge in [0.1, 0.15) is 6.04 Å². The summed E-state index contributed by atoms with van der Waals surface area (Å²) in [7, 11) is 1.99. The minimum Gasteiger partial charge on any atom is -0.322 e. The van der Waals surface area contributed by atoms with E-state index in [2.05, 4.69) is 74.8 Å². The van der Waals surface area contributed by atoms with Crippen molar-refractivity contribution in [2.24, 2.45) is 7.05 Å². The van der Waals surface area contributed by atoms with E-state index in [9.17, 15) is 14.4 Å². The maximum absolute atomic E-state index is 13.1. The van der Waals surface area contributed by atoms with Crippen LogP contribution in [-0.2, 0) is 36.3 Å². The van der Waals surface area contributed by atoms with E-state index in [0.29, 0.717) is 30.4 Å². The van der Waals surface area contributed by atoms with E-state index in [1.165, 1.54) is 46.0 Å². The number of likely N-dealkylation sites (tertiary alicyclic amines) is 2.